The molecular weight excluding hydrogens is 266 g/mol. The van der Waals surface area contributed by atoms with Gasteiger partial charge in [0.05, 0.1) is 11.6 Å². The van der Waals surface area contributed by atoms with Gasteiger partial charge in [-0.15, -0.1) is 0 Å². The van der Waals surface area contributed by atoms with Crippen LogP contribution in [0, 0.1) is 11.3 Å². The van der Waals surface area contributed by atoms with Gasteiger partial charge in [-0.2, -0.15) is 0 Å². The van der Waals surface area contributed by atoms with E-state index < -0.39 is 0 Å². The molecule has 0 aromatic heterocycles. The Bertz CT molecular complexity index is 403. The zero-order chi connectivity index (χ0) is 11.9. The first-order valence-corrected chi connectivity index (χ1v) is 6.35. The number of methoxy groups -OCH3 is 1. The van der Waals surface area contributed by atoms with Crippen LogP contribution in [-0.2, 0) is 0 Å². The molecule has 1 aromatic rings. The first kappa shape index (κ1) is 11.9. The fourth-order valence-corrected chi connectivity index (χ4v) is 3.12. The van der Waals surface area contributed by atoms with E-state index in [2.05, 4.69) is 48.0 Å². The Hall–Kier alpha value is -0.540. The van der Waals surface area contributed by atoms with E-state index in [0.717, 1.165) is 16.8 Å². The monoisotopic (exact) mass is 283 g/mol. The van der Waals surface area contributed by atoms with Gasteiger partial charge in [-0.3, -0.25) is 0 Å². The molecule has 0 heterocycles. The van der Waals surface area contributed by atoms with Crippen molar-refractivity contribution in [1.82, 2.24) is 0 Å². The fourth-order valence-electron chi connectivity index (χ4n) is 2.72. The maximum Gasteiger partial charge on any atom is 0.133 e. The van der Waals surface area contributed by atoms with Gasteiger partial charge >= 0.3 is 0 Å². The van der Waals surface area contributed by atoms with Crippen LogP contribution in [0.5, 0.6) is 5.75 Å². The quantitative estimate of drug-likeness (QED) is 0.925. The molecule has 0 radical (unpaired) electrons. The number of rotatable bonds is 3. The van der Waals surface area contributed by atoms with Crippen LogP contribution in [-0.4, -0.2) is 13.7 Å². The van der Waals surface area contributed by atoms with Gasteiger partial charge in [-0.05, 0) is 57.4 Å². The predicted molar refractivity (Wildman–Crippen MR) is 69.8 cm³/mol. The molecule has 0 unspecified atom stereocenters. The van der Waals surface area contributed by atoms with E-state index in [1.807, 2.05) is 0 Å². The second kappa shape index (κ2) is 4.04. The third kappa shape index (κ3) is 1.76. The SMILES string of the molecule is COc1cc([C@@H]2[C@@H](CN)C2(C)C)ccc1Br. The summed E-state index contributed by atoms with van der Waals surface area (Å²) in [6.07, 6.45) is 0. The molecule has 88 valence electrons. The second-order valence-electron chi connectivity index (χ2n) is 5.04. The Morgan fingerprint density at radius 2 is 2.12 bits per heavy atom. The lowest BCUT2D eigenvalue weighted by Gasteiger charge is -2.07. The Balaban J connectivity index is 2.30. The van der Waals surface area contributed by atoms with Crippen LogP contribution in [0.25, 0.3) is 0 Å². The molecule has 0 amide bonds. The lowest BCUT2D eigenvalue weighted by molar-refractivity contribution is 0.411. The summed E-state index contributed by atoms with van der Waals surface area (Å²) in [6, 6.07) is 6.33. The van der Waals surface area contributed by atoms with E-state index >= 15 is 0 Å². The summed E-state index contributed by atoms with van der Waals surface area (Å²) in [4.78, 5) is 0. The molecule has 0 saturated heterocycles. The van der Waals surface area contributed by atoms with Crippen molar-refractivity contribution in [1.29, 1.82) is 0 Å². The van der Waals surface area contributed by atoms with Crippen molar-refractivity contribution in [3.63, 3.8) is 0 Å². The molecule has 16 heavy (non-hydrogen) atoms. The molecule has 1 saturated carbocycles. The number of benzene rings is 1. The van der Waals surface area contributed by atoms with Crippen LogP contribution >= 0.6 is 15.9 Å². The molecule has 1 aliphatic rings. The van der Waals surface area contributed by atoms with Gasteiger partial charge in [0.25, 0.3) is 0 Å². The molecule has 2 rings (SSSR count). The van der Waals surface area contributed by atoms with Crippen molar-refractivity contribution in [2.75, 3.05) is 13.7 Å². The lowest BCUT2D eigenvalue weighted by atomic mass is 10.0. The summed E-state index contributed by atoms with van der Waals surface area (Å²) in [7, 11) is 1.70. The number of hydrogen-bond acceptors (Lipinski definition) is 2. The molecule has 0 bridgehead atoms. The average molecular weight is 284 g/mol. The largest absolute Gasteiger partial charge is 0.496 e. The van der Waals surface area contributed by atoms with Gasteiger partial charge in [0.2, 0.25) is 0 Å². The van der Waals surface area contributed by atoms with Crippen LogP contribution < -0.4 is 10.5 Å². The van der Waals surface area contributed by atoms with E-state index in [9.17, 15) is 0 Å². The number of ether oxygens (including phenoxy) is 1. The second-order valence-corrected chi connectivity index (χ2v) is 5.89. The zero-order valence-corrected chi connectivity index (χ0v) is 11.5. The Kier molecular flexibility index (Phi) is 3.01. The van der Waals surface area contributed by atoms with Crippen LogP contribution in [0.4, 0.5) is 0 Å². The molecule has 1 fully saturated rings. The first-order chi connectivity index (χ1) is 7.52. The number of hydrogen-bond donors (Lipinski definition) is 1. The van der Waals surface area contributed by atoms with Crippen molar-refractivity contribution in [2.45, 2.75) is 19.8 Å². The molecule has 1 aliphatic carbocycles. The Morgan fingerprint density at radius 3 is 2.62 bits per heavy atom. The van der Waals surface area contributed by atoms with Gasteiger partial charge in [0, 0.05) is 0 Å². The minimum absolute atomic E-state index is 0.327. The van der Waals surface area contributed by atoms with Crippen LogP contribution in [0.2, 0.25) is 0 Å². The zero-order valence-electron chi connectivity index (χ0n) is 9.96. The predicted octanol–water partition coefficient (Wildman–Crippen LogP) is 3.16. The highest BCUT2D eigenvalue weighted by atomic mass is 79.9. The topological polar surface area (TPSA) is 35.2 Å². The molecule has 0 aliphatic heterocycles. The molecule has 0 spiro atoms. The number of halogens is 1. The normalized spacial score (nSPS) is 26.6. The van der Waals surface area contributed by atoms with Crippen molar-refractivity contribution in [3.8, 4) is 5.75 Å². The first-order valence-electron chi connectivity index (χ1n) is 5.56. The minimum Gasteiger partial charge on any atom is -0.496 e. The highest BCUT2D eigenvalue weighted by Gasteiger charge is 2.57. The minimum atomic E-state index is 0.327. The van der Waals surface area contributed by atoms with E-state index in [1.165, 1.54) is 5.56 Å². The maximum atomic E-state index is 5.80. The van der Waals surface area contributed by atoms with E-state index in [0.29, 0.717) is 17.3 Å². The third-order valence-corrected chi connectivity index (χ3v) is 4.49. The molecule has 2 N–H and O–H groups in total. The van der Waals surface area contributed by atoms with Gasteiger partial charge < -0.3 is 10.5 Å². The van der Waals surface area contributed by atoms with Crippen LogP contribution in [0.1, 0.15) is 25.3 Å². The highest BCUT2D eigenvalue weighted by Crippen LogP contribution is 2.64. The molecule has 3 heteroatoms. The smallest absolute Gasteiger partial charge is 0.133 e. The van der Waals surface area contributed by atoms with Crippen molar-refractivity contribution in [2.24, 2.45) is 17.1 Å². The van der Waals surface area contributed by atoms with Crippen LogP contribution in [0.3, 0.4) is 0 Å². The number of nitrogens with two attached hydrogens (primary N) is 1. The highest BCUT2D eigenvalue weighted by molar-refractivity contribution is 9.10. The van der Waals surface area contributed by atoms with Gasteiger partial charge in [-0.1, -0.05) is 19.9 Å². The van der Waals surface area contributed by atoms with Crippen molar-refractivity contribution in [3.05, 3.63) is 28.2 Å². The van der Waals surface area contributed by atoms with Gasteiger partial charge in [-0.25, -0.2) is 0 Å². The van der Waals surface area contributed by atoms with E-state index in [-0.39, 0.29) is 0 Å². The summed E-state index contributed by atoms with van der Waals surface area (Å²) in [5, 5.41) is 0. The van der Waals surface area contributed by atoms with Crippen molar-refractivity contribution < 1.29 is 4.74 Å². The summed E-state index contributed by atoms with van der Waals surface area (Å²) >= 11 is 3.47. The standard InChI is InChI=1S/C13H18BrNO/c1-13(2)9(7-15)12(13)8-4-5-10(14)11(6-8)16-3/h4-6,9,12H,7,15H2,1-3H3/t9-,12-/m1/s1. The summed E-state index contributed by atoms with van der Waals surface area (Å²) in [5.74, 6) is 2.06. The molecular formula is C13H18BrNO. The third-order valence-electron chi connectivity index (χ3n) is 3.84. The average Bonchev–Trinajstić information content (AvgIpc) is 2.81. The summed E-state index contributed by atoms with van der Waals surface area (Å²) in [6.45, 7) is 5.32. The Labute approximate surface area is 105 Å². The van der Waals surface area contributed by atoms with E-state index in [1.54, 1.807) is 7.11 Å². The lowest BCUT2D eigenvalue weighted by Crippen LogP contribution is -2.05. The Morgan fingerprint density at radius 1 is 1.44 bits per heavy atom. The van der Waals surface area contributed by atoms with Gasteiger partial charge in [0.15, 0.2) is 0 Å². The molecule has 1 aromatic carbocycles. The van der Waals surface area contributed by atoms with Gasteiger partial charge in [0.1, 0.15) is 5.75 Å². The van der Waals surface area contributed by atoms with Crippen LogP contribution in [0.15, 0.2) is 22.7 Å². The summed E-state index contributed by atoms with van der Waals surface area (Å²) < 4.78 is 6.32. The molecule has 2 nitrogen and oxygen atoms in total. The fraction of sp³-hybridized carbons (Fsp3) is 0.538. The van der Waals surface area contributed by atoms with E-state index in [4.69, 9.17) is 10.5 Å². The summed E-state index contributed by atoms with van der Waals surface area (Å²) in [5.41, 5.74) is 7.46. The van der Waals surface area contributed by atoms with Crippen molar-refractivity contribution >= 4 is 15.9 Å². The maximum absolute atomic E-state index is 5.80. The molecule has 2 atom stereocenters.